The van der Waals surface area contributed by atoms with Gasteiger partial charge in [0.05, 0.1) is 12.8 Å². The van der Waals surface area contributed by atoms with Gasteiger partial charge in [-0.05, 0) is 45.0 Å². The topological polar surface area (TPSA) is 142 Å². The van der Waals surface area contributed by atoms with Crippen LogP contribution in [0, 0.1) is 5.82 Å². The highest BCUT2D eigenvalue weighted by molar-refractivity contribution is 6.06. The molecule has 4 aromatic rings. The van der Waals surface area contributed by atoms with Gasteiger partial charge in [0, 0.05) is 25.5 Å². The average molecular weight is 510 g/mol. The van der Waals surface area contributed by atoms with E-state index in [4.69, 9.17) is 14.0 Å². The number of pyridine rings is 3. The van der Waals surface area contributed by atoms with Crippen LogP contribution in [0.5, 0.6) is 0 Å². The van der Waals surface area contributed by atoms with E-state index in [1.807, 2.05) is 0 Å². The summed E-state index contributed by atoms with van der Waals surface area (Å²) < 4.78 is 30.6. The summed E-state index contributed by atoms with van der Waals surface area (Å²) in [6.07, 6.45) is 2.02. The van der Waals surface area contributed by atoms with Crippen molar-refractivity contribution in [1.29, 1.82) is 0 Å². The van der Waals surface area contributed by atoms with Crippen LogP contribution in [0.4, 0.5) is 26.4 Å². The fourth-order valence-electron chi connectivity index (χ4n) is 3.33. The second-order valence-electron chi connectivity index (χ2n) is 8.80. The predicted octanol–water partition coefficient (Wildman–Crippen LogP) is 3.81. The number of rotatable bonds is 5. The van der Waals surface area contributed by atoms with Crippen molar-refractivity contribution in [2.75, 3.05) is 24.4 Å². The first-order valence-corrected chi connectivity index (χ1v) is 10.9. The Morgan fingerprint density at radius 1 is 1.19 bits per heavy atom. The molecule has 1 amide bonds. The number of amides is 1. The van der Waals surface area contributed by atoms with E-state index in [-0.39, 0.29) is 39.8 Å². The minimum Gasteiger partial charge on any atom is -0.463 e. The number of anilines is 3. The third kappa shape index (κ3) is 5.10. The van der Waals surface area contributed by atoms with Gasteiger partial charge in [0.2, 0.25) is 0 Å². The molecule has 0 aliphatic rings. The minimum atomic E-state index is -0.842. The molecule has 0 aliphatic heterocycles. The summed E-state index contributed by atoms with van der Waals surface area (Å²) >= 11 is 0. The number of nitrogens with zero attached hydrogens (tertiary/aromatic N) is 5. The van der Waals surface area contributed by atoms with Gasteiger partial charge >= 0.3 is 12.1 Å². The van der Waals surface area contributed by atoms with Crippen molar-refractivity contribution in [3.05, 3.63) is 64.7 Å². The molecule has 0 radical (unpaired) electrons. The summed E-state index contributed by atoms with van der Waals surface area (Å²) in [6.45, 7) is 5.14. The Balaban J connectivity index is 1.82. The number of ether oxygens (including phenoxy) is 2. The van der Waals surface area contributed by atoms with Crippen molar-refractivity contribution < 1.29 is 28.0 Å². The fourth-order valence-corrected chi connectivity index (χ4v) is 3.33. The van der Waals surface area contributed by atoms with E-state index >= 15 is 0 Å². The lowest BCUT2D eigenvalue weighted by atomic mass is 10.2. The molecule has 1 N–H and O–H groups in total. The predicted molar refractivity (Wildman–Crippen MR) is 131 cm³/mol. The first-order valence-electron chi connectivity index (χ1n) is 10.9. The van der Waals surface area contributed by atoms with Crippen LogP contribution in [0.2, 0.25) is 0 Å². The van der Waals surface area contributed by atoms with E-state index in [2.05, 4.69) is 20.4 Å². The number of hydrogen-bond acceptors (Lipinski definition) is 10. The molecule has 0 spiro atoms. The van der Waals surface area contributed by atoms with Crippen molar-refractivity contribution in [2.24, 2.45) is 0 Å². The zero-order chi connectivity index (χ0) is 26.9. The van der Waals surface area contributed by atoms with Crippen molar-refractivity contribution in [2.45, 2.75) is 26.4 Å². The Bertz CT molecular complexity index is 1560. The van der Waals surface area contributed by atoms with Gasteiger partial charge in [-0.2, -0.15) is 0 Å². The second kappa shape index (κ2) is 9.68. The van der Waals surface area contributed by atoms with Crippen LogP contribution in [0.15, 0.2) is 52.0 Å². The number of nitrogens with one attached hydrogen (secondary N) is 1. The highest BCUT2D eigenvalue weighted by Crippen LogP contribution is 2.31. The molecule has 37 heavy (non-hydrogen) atoms. The SMILES string of the molecule is COC(=O)c1onc2c(N(C)C(=O)OC(C)(C)C)cc(Nc3cccn(-c4ncccc4F)c3=O)nc12. The highest BCUT2D eigenvalue weighted by atomic mass is 19.1. The largest absolute Gasteiger partial charge is 0.463 e. The molecule has 13 heteroatoms. The normalized spacial score (nSPS) is 11.3. The summed E-state index contributed by atoms with van der Waals surface area (Å²) in [5.41, 5.74) is -1.15. The summed E-state index contributed by atoms with van der Waals surface area (Å²) in [6, 6.07) is 6.99. The standard InChI is InChI=1S/C24H23FN6O6/c1-24(2,3)36-23(34)30(4)15-12-16(28-18-17(15)29-37-19(18)22(33)35-5)27-14-9-7-11-31(21(14)32)20-13(25)8-6-10-26-20/h6-12H,1-5H3,(H,27,28). The second-order valence-corrected chi connectivity index (χ2v) is 8.80. The van der Waals surface area contributed by atoms with Gasteiger partial charge in [0.1, 0.15) is 22.6 Å². The number of fused-ring (bicyclic) bond motifs is 1. The molecule has 192 valence electrons. The molecule has 0 unspecified atom stereocenters. The van der Waals surface area contributed by atoms with Crippen LogP contribution in [0.3, 0.4) is 0 Å². The van der Waals surface area contributed by atoms with E-state index in [0.29, 0.717) is 0 Å². The van der Waals surface area contributed by atoms with E-state index in [1.54, 1.807) is 20.8 Å². The number of carbonyl (C=O) groups is 2. The van der Waals surface area contributed by atoms with Gasteiger partial charge in [0.15, 0.2) is 17.2 Å². The quantitative estimate of drug-likeness (QED) is 0.394. The van der Waals surface area contributed by atoms with Crippen molar-refractivity contribution >= 4 is 40.3 Å². The lowest BCUT2D eigenvalue weighted by Crippen LogP contribution is -2.34. The lowest BCUT2D eigenvalue weighted by Gasteiger charge is -2.25. The van der Waals surface area contributed by atoms with Gasteiger partial charge in [-0.15, -0.1) is 0 Å². The van der Waals surface area contributed by atoms with Gasteiger partial charge < -0.3 is 19.3 Å². The van der Waals surface area contributed by atoms with Crippen LogP contribution in [0.1, 0.15) is 31.3 Å². The monoisotopic (exact) mass is 510 g/mol. The Morgan fingerprint density at radius 2 is 1.95 bits per heavy atom. The van der Waals surface area contributed by atoms with E-state index in [0.717, 1.165) is 16.6 Å². The molecule has 0 saturated heterocycles. The summed E-state index contributed by atoms with van der Waals surface area (Å²) in [7, 11) is 2.61. The maximum atomic E-state index is 14.3. The molecule has 0 fully saturated rings. The van der Waals surface area contributed by atoms with Crippen molar-refractivity contribution in [1.82, 2.24) is 19.7 Å². The molecule has 0 aromatic carbocycles. The van der Waals surface area contributed by atoms with E-state index in [9.17, 15) is 18.8 Å². The van der Waals surface area contributed by atoms with Crippen LogP contribution in [0.25, 0.3) is 16.9 Å². The molecule has 0 atom stereocenters. The zero-order valence-electron chi connectivity index (χ0n) is 20.6. The molecule has 4 rings (SSSR count). The average Bonchev–Trinajstić information content (AvgIpc) is 3.27. The molecular weight excluding hydrogens is 487 g/mol. The Labute approximate surface area is 209 Å². The van der Waals surface area contributed by atoms with Crippen LogP contribution in [-0.4, -0.2) is 51.5 Å². The number of aromatic nitrogens is 4. The molecular formula is C24H23FN6O6. The highest BCUT2D eigenvalue weighted by Gasteiger charge is 2.27. The summed E-state index contributed by atoms with van der Waals surface area (Å²) in [5, 5.41) is 6.74. The van der Waals surface area contributed by atoms with Gasteiger partial charge in [-0.25, -0.2) is 23.9 Å². The first kappa shape index (κ1) is 25.3. The van der Waals surface area contributed by atoms with Crippen LogP contribution in [-0.2, 0) is 9.47 Å². The maximum Gasteiger partial charge on any atom is 0.414 e. The molecule has 0 saturated carbocycles. The number of hydrogen-bond donors (Lipinski definition) is 1. The van der Waals surface area contributed by atoms with E-state index in [1.165, 1.54) is 49.8 Å². The molecule has 4 aromatic heterocycles. The molecule has 0 bridgehead atoms. The third-order valence-electron chi connectivity index (χ3n) is 4.99. The third-order valence-corrected chi connectivity index (χ3v) is 4.99. The van der Waals surface area contributed by atoms with E-state index < -0.39 is 29.0 Å². The fraction of sp³-hybridized carbons (Fsp3) is 0.250. The van der Waals surface area contributed by atoms with Gasteiger partial charge in [-0.1, -0.05) is 5.16 Å². The number of methoxy groups -OCH3 is 1. The van der Waals surface area contributed by atoms with Gasteiger partial charge in [-0.3, -0.25) is 14.3 Å². The van der Waals surface area contributed by atoms with Crippen LogP contribution >= 0.6 is 0 Å². The number of esters is 1. The Morgan fingerprint density at radius 3 is 2.62 bits per heavy atom. The van der Waals surface area contributed by atoms with Gasteiger partial charge in [0.25, 0.3) is 11.3 Å². The maximum absolute atomic E-state index is 14.3. The molecule has 12 nitrogen and oxygen atoms in total. The molecule has 4 heterocycles. The van der Waals surface area contributed by atoms with Crippen molar-refractivity contribution in [3.63, 3.8) is 0 Å². The molecule has 0 aliphatic carbocycles. The zero-order valence-corrected chi connectivity index (χ0v) is 20.6. The van der Waals surface area contributed by atoms with Crippen molar-refractivity contribution in [3.8, 4) is 5.82 Å². The Kier molecular flexibility index (Phi) is 6.62. The first-order chi connectivity index (χ1) is 17.5. The Hall–Kier alpha value is -4.81. The summed E-state index contributed by atoms with van der Waals surface area (Å²) in [5.74, 6) is -1.96. The smallest absolute Gasteiger partial charge is 0.414 e. The summed E-state index contributed by atoms with van der Waals surface area (Å²) in [4.78, 5) is 47.6. The lowest BCUT2D eigenvalue weighted by molar-refractivity contribution is 0.0554. The minimum absolute atomic E-state index is 0.0151. The number of carbonyl (C=O) groups excluding carboxylic acids is 2. The number of halogens is 1. The van der Waals surface area contributed by atoms with Crippen LogP contribution < -0.4 is 15.8 Å².